The second kappa shape index (κ2) is 5.59. The van der Waals surface area contributed by atoms with Crippen LogP contribution in [-0.2, 0) is 0 Å². The Hall–Kier alpha value is -0.590. The average Bonchev–Trinajstić information content (AvgIpc) is 2.35. The lowest BCUT2D eigenvalue weighted by Crippen LogP contribution is -2.54. The summed E-state index contributed by atoms with van der Waals surface area (Å²) in [6, 6.07) is 3.53. The molecule has 3 atom stereocenters. The van der Waals surface area contributed by atoms with Crippen LogP contribution in [0.2, 0.25) is 0 Å². The number of hydrogen-bond acceptors (Lipinski definition) is 3. The van der Waals surface area contributed by atoms with Crippen molar-refractivity contribution < 1.29 is 0 Å². The van der Waals surface area contributed by atoms with Crippen molar-refractivity contribution in [3.8, 4) is 6.07 Å². The highest BCUT2D eigenvalue weighted by Gasteiger charge is 2.39. The summed E-state index contributed by atoms with van der Waals surface area (Å²) in [5, 5.41) is 12.7. The maximum absolute atomic E-state index is 9.41. The van der Waals surface area contributed by atoms with Crippen LogP contribution in [0.5, 0.6) is 0 Å². The molecule has 0 heterocycles. The standard InChI is InChI=1S/C15H29N3/c1-12(14(2,3)4)18(6)13-8-7-9-15(10-13,11-16)17-5/h12-13,17H,7-10H2,1-6H3. The molecule has 0 aromatic rings. The minimum absolute atomic E-state index is 0.279. The van der Waals surface area contributed by atoms with E-state index in [1.165, 1.54) is 6.42 Å². The van der Waals surface area contributed by atoms with Gasteiger partial charge in [-0.05, 0) is 52.1 Å². The Kier molecular flexibility index (Phi) is 4.80. The minimum Gasteiger partial charge on any atom is -0.302 e. The molecular formula is C15H29N3. The van der Waals surface area contributed by atoms with Gasteiger partial charge in [-0.1, -0.05) is 20.8 Å². The smallest absolute Gasteiger partial charge is 0.108 e. The van der Waals surface area contributed by atoms with Gasteiger partial charge in [0, 0.05) is 12.1 Å². The zero-order valence-electron chi connectivity index (χ0n) is 12.9. The molecule has 1 aliphatic carbocycles. The molecule has 1 saturated carbocycles. The zero-order chi connectivity index (χ0) is 14.0. The Labute approximate surface area is 113 Å². The summed E-state index contributed by atoms with van der Waals surface area (Å²) in [5.41, 5.74) is -0.0318. The Balaban J connectivity index is 2.76. The Morgan fingerprint density at radius 3 is 2.50 bits per heavy atom. The van der Waals surface area contributed by atoms with E-state index in [2.05, 4.69) is 51.0 Å². The van der Waals surface area contributed by atoms with Crippen molar-refractivity contribution in [2.45, 2.75) is 71.0 Å². The molecule has 0 bridgehead atoms. The summed E-state index contributed by atoms with van der Waals surface area (Å²) >= 11 is 0. The summed E-state index contributed by atoms with van der Waals surface area (Å²) < 4.78 is 0. The Morgan fingerprint density at radius 1 is 1.44 bits per heavy atom. The van der Waals surface area contributed by atoms with Crippen molar-refractivity contribution in [1.82, 2.24) is 10.2 Å². The van der Waals surface area contributed by atoms with Crippen LogP contribution in [0.3, 0.4) is 0 Å². The summed E-state index contributed by atoms with van der Waals surface area (Å²) in [7, 11) is 4.13. The molecule has 104 valence electrons. The zero-order valence-corrected chi connectivity index (χ0v) is 12.9. The van der Waals surface area contributed by atoms with Crippen LogP contribution in [0.4, 0.5) is 0 Å². The lowest BCUT2D eigenvalue weighted by Gasteiger charge is -2.45. The molecule has 0 saturated heterocycles. The van der Waals surface area contributed by atoms with Crippen LogP contribution in [0.25, 0.3) is 0 Å². The van der Waals surface area contributed by atoms with E-state index in [0.717, 1.165) is 19.3 Å². The molecule has 3 heteroatoms. The van der Waals surface area contributed by atoms with Gasteiger partial charge in [-0.25, -0.2) is 0 Å². The third-order valence-electron chi connectivity index (χ3n) is 4.86. The van der Waals surface area contributed by atoms with E-state index >= 15 is 0 Å². The number of rotatable bonds is 3. The summed E-state index contributed by atoms with van der Waals surface area (Å²) in [5.74, 6) is 0. The van der Waals surface area contributed by atoms with Gasteiger partial charge in [-0.3, -0.25) is 0 Å². The molecule has 3 unspecified atom stereocenters. The third-order valence-corrected chi connectivity index (χ3v) is 4.86. The van der Waals surface area contributed by atoms with Gasteiger partial charge in [-0.15, -0.1) is 0 Å². The summed E-state index contributed by atoms with van der Waals surface area (Å²) in [6.45, 7) is 9.15. The van der Waals surface area contributed by atoms with Gasteiger partial charge in [-0.2, -0.15) is 5.26 Å². The normalized spacial score (nSPS) is 31.1. The fourth-order valence-corrected chi connectivity index (χ4v) is 2.91. The summed E-state index contributed by atoms with van der Waals surface area (Å²) in [6.07, 6.45) is 4.27. The second-order valence-corrected chi connectivity index (χ2v) is 6.90. The molecule has 0 spiro atoms. The first-order valence-corrected chi connectivity index (χ1v) is 7.08. The lowest BCUT2D eigenvalue weighted by atomic mass is 9.78. The van der Waals surface area contributed by atoms with Crippen molar-refractivity contribution in [1.29, 1.82) is 5.26 Å². The largest absolute Gasteiger partial charge is 0.302 e. The molecule has 0 aliphatic heterocycles. The van der Waals surface area contributed by atoms with E-state index in [1.54, 1.807) is 0 Å². The van der Waals surface area contributed by atoms with Gasteiger partial charge in [0.05, 0.1) is 6.07 Å². The first kappa shape index (κ1) is 15.5. The molecule has 1 N–H and O–H groups in total. The summed E-state index contributed by atoms with van der Waals surface area (Å²) in [4.78, 5) is 2.47. The van der Waals surface area contributed by atoms with Gasteiger partial charge >= 0.3 is 0 Å². The van der Waals surface area contributed by atoms with Gasteiger partial charge < -0.3 is 10.2 Å². The highest BCUT2D eigenvalue weighted by atomic mass is 15.2. The first-order chi connectivity index (χ1) is 8.25. The van der Waals surface area contributed by atoms with Crippen LogP contribution >= 0.6 is 0 Å². The monoisotopic (exact) mass is 251 g/mol. The quantitative estimate of drug-likeness (QED) is 0.838. The van der Waals surface area contributed by atoms with Crippen LogP contribution < -0.4 is 5.32 Å². The molecule has 0 aromatic heterocycles. The number of nitrogens with zero attached hydrogens (tertiary/aromatic N) is 2. The van der Waals surface area contributed by atoms with Crippen LogP contribution in [0, 0.1) is 16.7 Å². The van der Waals surface area contributed by atoms with Gasteiger partial charge in [0.2, 0.25) is 0 Å². The molecule has 0 radical (unpaired) electrons. The Morgan fingerprint density at radius 2 is 2.06 bits per heavy atom. The lowest BCUT2D eigenvalue weighted by molar-refractivity contribution is 0.0616. The van der Waals surface area contributed by atoms with Gasteiger partial charge in [0.25, 0.3) is 0 Å². The fraction of sp³-hybridized carbons (Fsp3) is 0.933. The predicted octanol–water partition coefficient (Wildman–Crippen LogP) is 2.78. The van der Waals surface area contributed by atoms with Crippen molar-refractivity contribution in [3.63, 3.8) is 0 Å². The molecule has 1 fully saturated rings. The highest BCUT2D eigenvalue weighted by molar-refractivity contribution is 5.10. The van der Waals surface area contributed by atoms with E-state index in [1.807, 2.05) is 7.05 Å². The molecule has 3 nitrogen and oxygen atoms in total. The first-order valence-electron chi connectivity index (χ1n) is 7.08. The van der Waals surface area contributed by atoms with E-state index in [9.17, 15) is 5.26 Å². The Bertz CT molecular complexity index is 313. The van der Waals surface area contributed by atoms with Gasteiger partial charge in [0.15, 0.2) is 0 Å². The maximum Gasteiger partial charge on any atom is 0.108 e. The molecule has 0 aromatic carbocycles. The van der Waals surface area contributed by atoms with Crippen molar-refractivity contribution in [3.05, 3.63) is 0 Å². The van der Waals surface area contributed by atoms with Crippen LogP contribution in [-0.4, -0.2) is 36.6 Å². The molecule has 0 amide bonds. The van der Waals surface area contributed by atoms with Crippen molar-refractivity contribution in [2.75, 3.05) is 14.1 Å². The van der Waals surface area contributed by atoms with Gasteiger partial charge in [0.1, 0.15) is 5.54 Å². The van der Waals surface area contributed by atoms with Crippen molar-refractivity contribution >= 4 is 0 Å². The third kappa shape index (κ3) is 3.24. The minimum atomic E-state index is -0.311. The number of hydrogen-bond donors (Lipinski definition) is 1. The average molecular weight is 251 g/mol. The SMILES string of the molecule is CNC1(C#N)CCCC(N(C)C(C)C(C)(C)C)C1. The number of nitriles is 1. The fourth-order valence-electron chi connectivity index (χ4n) is 2.91. The van der Waals surface area contributed by atoms with E-state index < -0.39 is 0 Å². The molecule has 1 aliphatic rings. The maximum atomic E-state index is 9.41. The van der Waals surface area contributed by atoms with E-state index in [-0.39, 0.29) is 11.0 Å². The van der Waals surface area contributed by atoms with E-state index in [4.69, 9.17) is 0 Å². The van der Waals surface area contributed by atoms with Crippen LogP contribution in [0.15, 0.2) is 0 Å². The molecule has 18 heavy (non-hydrogen) atoms. The number of nitrogens with one attached hydrogen (secondary N) is 1. The molecular weight excluding hydrogens is 222 g/mol. The van der Waals surface area contributed by atoms with Crippen LogP contribution in [0.1, 0.15) is 53.4 Å². The predicted molar refractivity (Wildman–Crippen MR) is 76.3 cm³/mol. The molecule has 1 rings (SSSR count). The highest BCUT2D eigenvalue weighted by Crippen LogP contribution is 2.33. The second-order valence-electron chi connectivity index (χ2n) is 6.90. The van der Waals surface area contributed by atoms with E-state index in [0.29, 0.717) is 12.1 Å². The van der Waals surface area contributed by atoms with Crippen molar-refractivity contribution in [2.24, 2.45) is 5.41 Å². The topological polar surface area (TPSA) is 39.1 Å².